The van der Waals surface area contributed by atoms with Crippen molar-refractivity contribution >= 4 is 32.7 Å². The molecule has 1 aliphatic rings. The number of fused-ring (bicyclic) bond motifs is 1. The van der Waals surface area contributed by atoms with E-state index in [0.717, 1.165) is 33.8 Å². The van der Waals surface area contributed by atoms with Crippen LogP contribution in [0.3, 0.4) is 0 Å². The van der Waals surface area contributed by atoms with E-state index >= 15 is 0 Å². The van der Waals surface area contributed by atoms with E-state index in [1.165, 1.54) is 19.3 Å². The minimum atomic E-state index is 0.0421. The number of carbonyl (C=O) groups is 1. The Kier molecular flexibility index (Phi) is 3.60. The number of halogens is 1. The van der Waals surface area contributed by atoms with Crippen LogP contribution in [0.1, 0.15) is 42.5 Å². The summed E-state index contributed by atoms with van der Waals surface area (Å²) in [4.78, 5) is 15.5. The highest BCUT2D eigenvalue weighted by Gasteiger charge is 2.18. The predicted molar refractivity (Wildman–Crippen MR) is 80.3 cm³/mol. The lowest BCUT2D eigenvalue weighted by molar-refractivity contribution is 0.0929. The molecule has 0 aliphatic heterocycles. The molecular weight excluding hydrogens is 304 g/mol. The van der Waals surface area contributed by atoms with E-state index in [0.29, 0.717) is 6.04 Å². The Morgan fingerprint density at radius 1 is 1.26 bits per heavy atom. The number of hydrogen-bond acceptors (Lipinski definition) is 1. The first-order valence-corrected chi connectivity index (χ1v) is 7.61. The number of benzene rings is 1. The predicted octanol–water partition coefficient (Wildman–Crippen LogP) is 3.99. The molecule has 1 amide bonds. The van der Waals surface area contributed by atoms with Crippen molar-refractivity contribution in [1.29, 1.82) is 0 Å². The Bertz CT molecular complexity index is 599. The normalized spacial score (nSPS) is 16.7. The fourth-order valence-corrected chi connectivity index (χ4v) is 3.16. The molecule has 3 rings (SSSR count). The highest BCUT2D eigenvalue weighted by Crippen LogP contribution is 2.23. The third-order valence-electron chi connectivity index (χ3n) is 3.83. The van der Waals surface area contributed by atoms with Gasteiger partial charge in [0.15, 0.2) is 0 Å². The van der Waals surface area contributed by atoms with E-state index in [-0.39, 0.29) is 5.91 Å². The molecule has 100 valence electrons. The standard InChI is InChI=1S/C15H17BrN2O/c16-10-6-7-12-13(9-17-14(12)8-10)15(19)18-11-4-2-1-3-5-11/h6-9,11,17H,1-5H2,(H,18,19). The minimum absolute atomic E-state index is 0.0421. The van der Waals surface area contributed by atoms with Gasteiger partial charge in [0.05, 0.1) is 5.56 Å². The van der Waals surface area contributed by atoms with Crippen molar-refractivity contribution in [3.05, 3.63) is 34.4 Å². The lowest BCUT2D eigenvalue weighted by Crippen LogP contribution is -2.36. The molecule has 0 bridgehead atoms. The van der Waals surface area contributed by atoms with Crippen molar-refractivity contribution in [3.8, 4) is 0 Å². The molecule has 1 aliphatic carbocycles. The topological polar surface area (TPSA) is 44.9 Å². The van der Waals surface area contributed by atoms with E-state index < -0.39 is 0 Å². The van der Waals surface area contributed by atoms with Gasteiger partial charge in [0.25, 0.3) is 5.91 Å². The molecule has 3 nitrogen and oxygen atoms in total. The highest BCUT2D eigenvalue weighted by atomic mass is 79.9. The molecule has 0 unspecified atom stereocenters. The molecule has 1 saturated carbocycles. The molecule has 1 aromatic carbocycles. The van der Waals surface area contributed by atoms with Crippen LogP contribution in [-0.4, -0.2) is 16.9 Å². The molecule has 4 heteroatoms. The van der Waals surface area contributed by atoms with Crippen LogP contribution in [0.25, 0.3) is 10.9 Å². The molecule has 0 saturated heterocycles. The summed E-state index contributed by atoms with van der Waals surface area (Å²) in [7, 11) is 0. The summed E-state index contributed by atoms with van der Waals surface area (Å²) < 4.78 is 1.01. The Balaban J connectivity index is 1.81. The third kappa shape index (κ3) is 2.68. The Morgan fingerprint density at radius 3 is 2.84 bits per heavy atom. The zero-order chi connectivity index (χ0) is 13.2. The fraction of sp³-hybridized carbons (Fsp3) is 0.400. The van der Waals surface area contributed by atoms with Gasteiger partial charge in [-0.3, -0.25) is 4.79 Å². The molecule has 0 radical (unpaired) electrons. The maximum atomic E-state index is 12.3. The van der Waals surface area contributed by atoms with Gasteiger partial charge in [0.2, 0.25) is 0 Å². The minimum Gasteiger partial charge on any atom is -0.360 e. The fourth-order valence-electron chi connectivity index (χ4n) is 2.80. The van der Waals surface area contributed by atoms with Gasteiger partial charge in [0, 0.05) is 27.6 Å². The van der Waals surface area contributed by atoms with E-state index in [2.05, 4.69) is 26.2 Å². The first kappa shape index (κ1) is 12.7. The summed E-state index contributed by atoms with van der Waals surface area (Å²) in [5.74, 6) is 0.0421. The van der Waals surface area contributed by atoms with Gasteiger partial charge in [-0.15, -0.1) is 0 Å². The van der Waals surface area contributed by atoms with Gasteiger partial charge < -0.3 is 10.3 Å². The zero-order valence-corrected chi connectivity index (χ0v) is 12.3. The second kappa shape index (κ2) is 5.37. The zero-order valence-electron chi connectivity index (χ0n) is 10.7. The maximum absolute atomic E-state index is 12.3. The van der Waals surface area contributed by atoms with E-state index in [1.54, 1.807) is 6.20 Å². The Morgan fingerprint density at radius 2 is 2.05 bits per heavy atom. The van der Waals surface area contributed by atoms with Crippen molar-refractivity contribution in [2.24, 2.45) is 0 Å². The molecule has 2 aromatic rings. The highest BCUT2D eigenvalue weighted by molar-refractivity contribution is 9.10. The van der Waals surface area contributed by atoms with Crippen molar-refractivity contribution in [2.75, 3.05) is 0 Å². The summed E-state index contributed by atoms with van der Waals surface area (Å²) in [6, 6.07) is 6.29. The van der Waals surface area contributed by atoms with Crippen LogP contribution in [-0.2, 0) is 0 Å². The summed E-state index contributed by atoms with van der Waals surface area (Å²) in [6.45, 7) is 0. The summed E-state index contributed by atoms with van der Waals surface area (Å²) >= 11 is 3.44. The van der Waals surface area contributed by atoms with Crippen LogP contribution in [0.2, 0.25) is 0 Å². The quantitative estimate of drug-likeness (QED) is 0.863. The largest absolute Gasteiger partial charge is 0.360 e. The molecule has 1 fully saturated rings. The first-order valence-electron chi connectivity index (χ1n) is 6.81. The molecule has 0 spiro atoms. The average Bonchev–Trinajstić information content (AvgIpc) is 2.82. The summed E-state index contributed by atoms with van der Waals surface area (Å²) in [5, 5.41) is 4.14. The van der Waals surface area contributed by atoms with Crippen LogP contribution in [0, 0.1) is 0 Å². The van der Waals surface area contributed by atoms with Crippen LogP contribution in [0.15, 0.2) is 28.9 Å². The summed E-state index contributed by atoms with van der Waals surface area (Å²) in [5.41, 5.74) is 1.73. The lowest BCUT2D eigenvalue weighted by Gasteiger charge is -2.22. The first-order chi connectivity index (χ1) is 9.24. The number of rotatable bonds is 2. The number of amides is 1. The van der Waals surface area contributed by atoms with Crippen LogP contribution >= 0.6 is 15.9 Å². The number of nitrogens with one attached hydrogen (secondary N) is 2. The average molecular weight is 321 g/mol. The molecule has 1 aromatic heterocycles. The van der Waals surface area contributed by atoms with Crippen molar-refractivity contribution in [2.45, 2.75) is 38.1 Å². The number of H-pyrrole nitrogens is 1. The van der Waals surface area contributed by atoms with Crippen LogP contribution < -0.4 is 5.32 Å². The van der Waals surface area contributed by atoms with E-state index in [1.807, 2.05) is 18.2 Å². The van der Waals surface area contributed by atoms with Gasteiger partial charge in [-0.25, -0.2) is 0 Å². The van der Waals surface area contributed by atoms with Gasteiger partial charge in [-0.05, 0) is 25.0 Å². The summed E-state index contributed by atoms with van der Waals surface area (Å²) in [6.07, 6.45) is 7.78. The van der Waals surface area contributed by atoms with Gasteiger partial charge in [-0.1, -0.05) is 41.3 Å². The molecule has 19 heavy (non-hydrogen) atoms. The molecule has 1 heterocycles. The SMILES string of the molecule is O=C(NC1CCCCC1)c1c[nH]c2cc(Br)ccc12. The number of aromatic amines is 1. The van der Waals surface area contributed by atoms with Gasteiger partial charge in [-0.2, -0.15) is 0 Å². The van der Waals surface area contributed by atoms with Gasteiger partial charge >= 0.3 is 0 Å². The second-order valence-corrected chi connectivity index (χ2v) is 6.12. The number of hydrogen-bond donors (Lipinski definition) is 2. The van der Waals surface area contributed by atoms with Crippen LogP contribution in [0.5, 0.6) is 0 Å². The Labute approximate surface area is 120 Å². The van der Waals surface area contributed by atoms with Crippen molar-refractivity contribution in [3.63, 3.8) is 0 Å². The monoisotopic (exact) mass is 320 g/mol. The lowest BCUT2D eigenvalue weighted by atomic mass is 9.95. The van der Waals surface area contributed by atoms with Crippen molar-refractivity contribution < 1.29 is 4.79 Å². The van der Waals surface area contributed by atoms with Crippen LogP contribution in [0.4, 0.5) is 0 Å². The molecular formula is C15H17BrN2O. The smallest absolute Gasteiger partial charge is 0.253 e. The third-order valence-corrected chi connectivity index (χ3v) is 4.32. The Hall–Kier alpha value is -1.29. The van der Waals surface area contributed by atoms with E-state index in [9.17, 15) is 4.79 Å². The van der Waals surface area contributed by atoms with E-state index in [4.69, 9.17) is 0 Å². The van der Waals surface area contributed by atoms with Crippen molar-refractivity contribution in [1.82, 2.24) is 10.3 Å². The number of carbonyl (C=O) groups excluding carboxylic acids is 1. The van der Waals surface area contributed by atoms with Gasteiger partial charge in [0.1, 0.15) is 0 Å². The maximum Gasteiger partial charge on any atom is 0.253 e. The second-order valence-electron chi connectivity index (χ2n) is 5.20. The number of aromatic nitrogens is 1. The molecule has 0 atom stereocenters. The molecule has 2 N–H and O–H groups in total.